The average Bonchev–Trinajstić information content (AvgIpc) is 3.29. The van der Waals surface area contributed by atoms with E-state index in [1.807, 2.05) is 6.07 Å². The summed E-state index contributed by atoms with van der Waals surface area (Å²) in [6, 6.07) is 4.97. The molecule has 4 rings (SSSR count). The Morgan fingerprint density at radius 1 is 1.24 bits per heavy atom. The van der Waals surface area contributed by atoms with Gasteiger partial charge in [0.05, 0.1) is 5.69 Å². The number of ketones is 1. The van der Waals surface area contributed by atoms with E-state index < -0.39 is 27.1 Å². The number of aryl methyl sites for hydroxylation is 1. The molecule has 1 aromatic carbocycles. The molecule has 1 aromatic rings. The molecular formula is C22H28FNO4S. The predicted octanol–water partition coefficient (Wildman–Crippen LogP) is 3.43. The third kappa shape index (κ3) is 4.06. The molecule has 29 heavy (non-hydrogen) atoms. The lowest BCUT2D eigenvalue weighted by Crippen LogP contribution is -2.48. The Balaban J connectivity index is 1.53. The Morgan fingerprint density at radius 2 is 2.00 bits per heavy atom. The van der Waals surface area contributed by atoms with Crippen LogP contribution in [0.15, 0.2) is 18.2 Å². The number of cyclic esters (lactones) is 1. The molecule has 0 aromatic heterocycles. The van der Waals surface area contributed by atoms with Gasteiger partial charge in [-0.15, -0.1) is 0 Å². The molecule has 2 atom stereocenters. The first-order valence-electron chi connectivity index (χ1n) is 10.4. The van der Waals surface area contributed by atoms with Crippen LogP contribution in [0.3, 0.4) is 0 Å². The summed E-state index contributed by atoms with van der Waals surface area (Å²) in [7, 11) is -2.44. The summed E-state index contributed by atoms with van der Waals surface area (Å²) >= 11 is 0. The molecule has 0 spiro atoms. The molecule has 3 aliphatic rings. The Bertz CT molecular complexity index is 905. The highest BCUT2D eigenvalue weighted by atomic mass is 32.2. The van der Waals surface area contributed by atoms with Gasteiger partial charge in [-0.3, -0.25) is 13.9 Å². The van der Waals surface area contributed by atoms with Crippen molar-refractivity contribution in [2.75, 3.05) is 16.6 Å². The minimum Gasteiger partial charge on any atom is -0.458 e. The van der Waals surface area contributed by atoms with Crippen LogP contribution < -0.4 is 4.31 Å². The van der Waals surface area contributed by atoms with Gasteiger partial charge in [0.1, 0.15) is 23.6 Å². The predicted molar refractivity (Wildman–Crippen MR) is 112 cm³/mol. The van der Waals surface area contributed by atoms with Gasteiger partial charge in [-0.2, -0.15) is 0 Å². The maximum absolute atomic E-state index is 14.8. The van der Waals surface area contributed by atoms with E-state index in [1.165, 1.54) is 6.07 Å². The molecule has 7 heteroatoms. The smallest absolute Gasteiger partial charge is 0.313 e. The van der Waals surface area contributed by atoms with Gasteiger partial charge in [0.25, 0.3) is 0 Å². The van der Waals surface area contributed by atoms with Crippen molar-refractivity contribution < 1.29 is 22.9 Å². The van der Waals surface area contributed by atoms with E-state index in [0.717, 1.165) is 37.7 Å². The van der Waals surface area contributed by atoms with Crippen molar-refractivity contribution in [2.45, 2.75) is 63.4 Å². The van der Waals surface area contributed by atoms with E-state index in [4.69, 9.17) is 4.74 Å². The molecule has 158 valence electrons. The second-order valence-corrected chi connectivity index (χ2v) is 11.0. The quantitative estimate of drug-likeness (QED) is 0.415. The second-order valence-electron chi connectivity index (χ2n) is 8.63. The van der Waals surface area contributed by atoms with Gasteiger partial charge in [-0.1, -0.05) is 18.9 Å². The molecule has 0 bridgehead atoms. The number of carbonyl (C=O) groups excluding carboxylic acids is 2. The van der Waals surface area contributed by atoms with E-state index in [1.54, 1.807) is 10.4 Å². The number of hydrogen-bond donors (Lipinski definition) is 0. The van der Waals surface area contributed by atoms with E-state index >= 15 is 0 Å². The molecule has 2 heterocycles. The van der Waals surface area contributed by atoms with Crippen molar-refractivity contribution in [3.8, 4) is 0 Å². The lowest BCUT2D eigenvalue weighted by Gasteiger charge is -2.41. The fraction of sp³-hybridized carbons (Fsp3) is 0.591. The van der Waals surface area contributed by atoms with E-state index in [0.29, 0.717) is 30.8 Å². The largest absolute Gasteiger partial charge is 0.458 e. The zero-order valence-electron chi connectivity index (χ0n) is 16.7. The van der Waals surface area contributed by atoms with Crippen LogP contribution in [0, 0.1) is 11.7 Å². The fourth-order valence-electron chi connectivity index (χ4n) is 5.15. The molecule has 2 unspecified atom stereocenters. The summed E-state index contributed by atoms with van der Waals surface area (Å²) in [5, 5.41) is 0. The first-order chi connectivity index (χ1) is 13.8. The van der Waals surface area contributed by atoms with Gasteiger partial charge in [-0.25, -0.2) is 8.60 Å². The molecule has 5 nitrogen and oxygen atoms in total. The van der Waals surface area contributed by atoms with Crippen molar-refractivity contribution in [2.24, 2.45) is 5.92 Å². The van der Waals surface area contributed by atoms with Gasteiger partial charge in [-0.05, 0) is 61.6 Å². The molecule has 0 radical (unpaired) electrons. The zero-order chi connectivity index (χ0) is 20.6. The maximum atomic E-state index is 14.8. The number of anilines is 1. The number of nitrogens with zero attached hydrogens (tertiary/aromatic N) is 1. The monoisotopic (exact) mass is 421 g/mol. The van der Waals surface area contributed by atoms with Crippen molar-refractivity contribution in [3.63, 3.8) is 0 Å². The number of halogens is 1. The van der Waals surface area contributed by atoms with Crippen LogP contribution in [-0.2, 0) is 30.5 Å². The minimum absolute atomic E-state index is 0.0612. The molecule has 1 saturated carbocycles. The number of carbonyl (C=O) groups is 2. The maximum Gasteiger partial charge on any atom is 0.313 e. The minimum atomic E-state index is -2.44. The van der Waals surface area contributed by atoms with Crippen LogP contribution >= 0.6 is 0 Å². The molecule has 0 N–H and O–H groups in total. The van der Waals surface area contributed by atoms with Gasteiger partial charge in [0.2, 0.25) is 0 Å². The van der Waals surface area contributed by atoms with Crippen LogP contribution in [0.5, 0.6) is 0 Å². The van der Waals surface area contributed by atoms with Crippen LogP contribution in [0.2, 0.25) is 0 Å². The van der Waals surface area contributed by atoms with E-state index in [-0.39, 0.29) is 24.5 Å². The van der Waals surface area contributed by atoms with Crippen molar-refractivity contribution in [1.82, 2.24) is 0 Å². The molecule has 0 amide bonds. The van der Waals surface area contributed by atoms with Gasteiger partial charge < -0.3 is 4.74 Å². The fourth-order valence-corrected chi connectivity index (χ4v) is 6.92. The number of benzene rings is 1. The summed E-state index contributed by atoms with van der Waals surface area (Å²) in [5.41, 5.74) is 0.359. The summed E-state index contributed by atoms with van der Waals surface area (Å²) in [4.78, 5) is 24.2. The summed E-state index contributed by atoms with van der Waals surface area (Å²) in [6.45, 7) is 0.543. The Morgan fingerprint density at radius 3 is 2.62 bits per heavy atom. The number of Topliss-reactive ketones (excluding diaryl/α,β-unsaturated/α-hetero) is 1. The molecule has 1 aliphatic carbocycles. The Labute approximate surface area is 171 Å². The third-order valence-electron chi connectivity index (χ3n) is 6.60. The first kappa shape index (κ1) is 20.4. The molecular weight excluding hydrogens is 393 g/mol. The highest BCUT2D eigenvalue weighted by Crippen LogP contribution is 2.44. The van der Waals surface area contributed by atoms with Gasteiger partial charge in [0, 0.05) is 28.4 Å². The van der Waals surface area contributed by atoms with Crippen LogP contribution in [-0.4, -0.2) is 39.7 Å². The lowest BCUT2D eigenvalue weighted by atomic mass is 9.76. The standard InChI is InChI=1S/C22H28FNO4S/c1-29(27)12-4-11-24(29)20-8-7-16(13-19(20)23)9-10-22(17-5-2-3-6-17)15-18(25)14-21(26)28-22/h7-8,13,17H,1-6,9-12,14-15H2. The Kier molecular flexibility index (Phi) is 5.44. The van der Waals surface area contributed by atoms with Crippen LogP contribution in [0.25, 0.3) is 0 Å². The first-order valence-corrected chi connectivity index (χ1v) is 12.3. The summed E-state index contributed by atoms with van der Waals surface area (Å²) in [6.07, 6.45) is 5.99. The van der Waals surface area contributed by atoms with Crippen LogP contribution in [0.4, 0.5) is 10.1 Å². The van der Waals surface area contributed by atoms with Crippen molar-refractivity contribution >= 4 is 33.0 Å². The van der Waals surface area contributed by atoms with Gasteiger partial charge in [0.15, 0.2) is 0 Å². The second kappa shape index (κ2) is 7.74. The zero-order valence-corrected chi connectivity index (χ0v) is 17.5. The molecule has 2 saturated heterocycles. The van der Waals surface area contributed by atoms with Crippen molar-refractivity contribution in [3.05, 3.63) is 29.6 Å². The van der Waals surface area contributed by atoms with Gasteiger partial charge >= 0.3 is 5.97 Å². The highest BCUT2D eigenvalue weighted by Gasteiger charge is 2.47. The average molecular weight is 422 g/mol. The number of hydrogen-bond acceptors (Lipinski definition) is 4. The van der Waals surface area contributed by atoms with Crippen molar-refractivity contribution in [1.29, 1.82) is 0 Å². The molecule has 3 fully saturated rings. The number of esters is 1. The van der Waals surface area contributed by atoms with E-state index in [2.05, 4.69) is 5.87 Å². The van der Waals surface area contributed by atoms with E-state index in [9.17, 15) is 18.2 Å². The number of ether oxygens (including phenoxy) is 1. The normalized spacial score (nSPS) is 30.7. The molecule has 2 aliphatic heterocycles. The summed E-state index contributed by atoms with van der Waals surface area (Å²) < 4.78 is 34.7. The summed E-state index contributed by atoms with van der Waals surface area (Å²) in [5.74, 6) is 3.53. The topological polar surface area (TPSA) is 63.7 Å². The Hall–Kier alpha value is -1.89. The third-order valence-corrected chi connectivity index (χ3v) is 8.71. The SMILES string of the molecule is C=S1(=O)CCCN1c1ccc(CCC2(C3CCCC3)CC(=O)CC(=O)O2)cc1F. The number of rotatable bonds is 5. The highest BCUT2D eigenvalue weighted by molar-refractivity contribution is 8.01. The lowest BCUT2D eigenvalue weighted by molar-refractivity contribution is -0.178. The van der Waals surface area contributed by atoms with Crippen LogP contribution in [0.1, 0.15) is 56.9 Å².